The molecule has 4 nitrogen and oxygen atoms in total. The molecule has 3 aromatic rings. The molecule has 0 aliphatic heterocycles. The third kappa shape index (κ3) is 3.57. The summed E-state index contributed by atoms with van der Waals surface area (Å²) in [6.07, 6.45) is 3.12. The summed E-state index contributed by atoms with van der Waals surface area (Å²) in [6.45, 7) is 3.08. The quantitative estimate of drug-likeness (QED) is 0.610. The van der Waals surface area contributed by atoms with Crippen LogP contribution in [0.4, 0.5) is 10.1 Å². The number of fused-ring (bicyclic) bond motifs is 3. The van der Waals surface area contributed by atoms with Crippen molar-refractivity contribution in [1.82, 2.24) is 10.3 Å². The number of hydrogen-bond acceptors (Lipinski definition) is 2. The molecule has 3 N–H and O–H groups in total. The molecule has 0 fully saturated rings. The molecule has 6 heteroatoms. The van der Waals surface area contributed by atoms with E-state index in [4.69, 9.17) is 11.6 Å². The Bertz CT molecular complexity index is 1010. The Morgan fingerprint density at radius 3 is 2.93 bits per heavy atom. The Morgan fingerprint density at radius 1 is 1.30 bits per heavy atom. The second-order valence-corrected chi connectivity index (χ2v) is 7.33. The second kappa shape index (κ2) is 7.33. The Kier molecular flexibility index (Phi) is 4.89. The van der Waals surface area contributed by atoms with E-state index >= 15 is 0 Å². The number of rotatable bonds is 4. The molecule has 0 radical (unpaired) electrons. The Hall–Kier alpha value is -2.37. The van der Waals surface area contributed by atoms with Crippen LogP contribution >= 0.6 is 11.6 Å². The van der Waals surface area contributed by atoms with Gasteiger partial charge in [0.15, 0.2) is 0 Å². The molecule has 1 aliphatic carbocycles. The zero-order valence-electron chi connectivity index (χ0n) is 15.0. The van der Waals surface area contributed by atoms with Crippen molar-refractivity contribution >= 4 is 34.1 Å². The summed E-state index contributed by atoms with van der Waals surface area (Å²) in [5, 5.41) is 7.63. The highest BCUT2D eigenvalue weighted by molar-refractivity contribution is 6.34. The fraction of sp³-hybridized carbons (Fsp3) is 0.286. The van der Waals surface area contributed by atoms with Crippen LogP contribution in [0.15, 0.2) is 36.4 Å². The molecule has 0 spiro atoms. The largest absolute Gasteiger partial charge is 0.358 e. The number of aromatic nitrogens is 1. The maximum atomic E-state index is 13.2. The molecule has 1 aromatic heterocycles. The van der Waals surface area contributed by atoms with Crippen LogP contribution in [0.1, 0.15) is 35.0 Å². The van der Waals surface area contributed by atoms with E-state index in [1.54, 1.807) is 0 Å². The predicted molar refractivity (Wildman–Crippen MR) is 107 cm³/mol. The molecule has 1 atom stereocenters. The van der Waals surface area contributed by atoms with Gasteiger partial charge < -0.3 is 15.6 Å². The lowest BCUT2D eigenvalue weighted by Gasteiger charge is -2.23. The van der Waals surface area contributed by atoms with Crippen molar-refractivity contribution in [3.05, 3.63) is 64.1 Å². The summed E-state index contributed by atoms with van der Waals surface area (Å²) < 4.78 is 13.2. The van der Waals surface area contributed by atoms with E-state index in [9.17, 15) is 9.18 Å². The topological polar surface area (TPSA) is 56.9 Å². The van der Waals surface area contributed by atoms with Gasteiger partial charge in [0.05, 0.1) is 10.6 Å². The van der Waals surface area contributed by atoms with Crippen molar-refractivity contribution < 1.29 is 9.18 Å². The number of amides is 1. The molecule has 0 saturated heterocycles. The molecule has 2 aromatic carbocycles. The third-order valence-corrected chi connectivity index (χ3v) is 5.43. The summed E-state index contributed by atoms with van der Waals surface area (Å²) in [4.78, 5) is 16.0. The maximum absolute atomic E-state index is 13.2. The van der Waals surface area contributed by atoms with E-state index in [-0.39, 0.29) is 16.5 Å². The summed E-state index contributed by atoms with van der Waals surface area (Å²) >= 11 is 6.00. The van der Waals surface area contributed by atoms with Gasteiger partial charge in [0, 0.05) is 28.3 Å². The molecular formula is C21H21ClFN3O. The zero-order chi connectivity index (χ0) is 19.0. The lowest BCUT2D eigenvalue weighted by molar-refractivity contribution is 0.102. The van der Waals surface area contributed by atoms with Crippen LogP contribution in [0, 0.1) is 5.82 Å². The van der Waals surface area contributed by atoms with Crippen LogP contribution in [-0.2, 0) is 12.8 Å². The third-order valence-electron chi connectivity index (χ3n) is 5.11. The number of likely N-dealkylation sites (N-methyl/N-ethyl adjacent to an activating group) is 1. The van der Waals surface area contributed by atoms with Crippen molar-refractivity contribution in [2.75, 3.05) is 11.9 Å². The monoisotopic (exact) mass is 385 g/mol. The van der Waals surface area contributed by atoms with Crippen molar-refractivity contribution in [3.8, 4) is 0 Å². The molecule has 140 valence electrons. The number of anilines is 1. The number of H-pyrrole nitrogens is 1. The van der Waals surface area contributed by atoms with E-state index in [0.29, 0.717) is 11.7 Å². The number of benzene rings is 2. The van der Waals surface area contributed by atoms with Gasteiger partial charge in [0.25, 0.3) is 5.91 Å². The minimum absolute atomic E-state index is 0.0982. The minimum Gasteiger partial charge on any atom is -0.358 e. The van der Waals surface area contributed by atoms with E-state index in [2.05, 4.69) is 22.5 Å². The van der Waals surface area contributed by atoms with Crippen LogP contribution in [0.5, 0.6) is 0 Å². The van der Waals surface area contributed by atoms with E-state index in [0.717, 1.165) is 42.8 Å². The number of aromatic amines is 1. The van der Waals surface area contributed by atoms with Crippen molar-refractivity contribution in [2.24, 2.45) is 0 Å². The van der Waals surface area contributed by atoms with Gasteiger partial charge >= 0.3 is 0 Å². The SMILES string of the molecule is CCNC1CCc2[nH]c3ccc(NC(=O)c4ccc(F)cc4Cl)cc3c2C1. The number of nitrogens with one attached hydrogen (secondary N) is 3. The fourth-order valence-corrected chi connectivity index (χ4v) is 4.08. The smallest absolute Gasteiger partial charge is 0.257 e. The highest BCUT2D eigenvalue weighted by atomic mass is 35.5. The number of hydrogen-bond donors (Lipinski definition) is 3. The van der Waals surface area contributed by atoms with Gasteiger partial charge in [-0.3, -0.25) is 4.79 Å². The molecule has 0 saturated carbocycles. The highest BCUT2D eigenvalue weighted by Gasteiger charge is 2.22. The minimum atomic E-state index is -0.466. The van der Waals surface area contributed by atoms with Crippen molar-refractivity contribution in [2.45, 2.75) is 32.2 Å². The first-order valence-electron chi connectivity index (χ1n) is 9.18. The van der Waals surface area contributed by atoms with E-state index in [1.807, 2.05) is 18.2 Å². The van der Waals surface area contributed by atoms with Crippen LogP contribution in [0.25, 0.3) is 10.9 Å². The highest BCUT2D eigenvalue weighted by Crippen LogP contribution is 2.31. The lowest BCUT2D eigenvalue weighted by atomic mass is 9.91. The molecule has 27 heavy (non-hydrogen) atoms. The van der Waals surface area contributed by atoms with E-state index in [1.165, 1.54) is 23.4 Å². The maximum Gasteiger partial charge on any atom is 0.257 e. The predicted octanol–water partition coefficient (Wildman–Crippen LogP) is 4.68. The Balaban J connectivity index is 1.62. The zero-order valence-corrected chi connectivity index (χ0v) is 15.8. The number of carbonyl (C=O) groups is 1. The summed E-state index contributed by atoms with van der Waals surface area (Å²) in [5.74, 6) is -0.818. The Labute approximate surface area is 162 Å². The van der Waals surface area contributed by atoms with Crippen LogP contribution in [0.2, 0.25) is 5.02 Å². The van der Waals surface area contributed by atoms with Crippen LogP contribution < -0.4 is 10.6 Å². The normalized spacial score (nSPS) is 16.3. The molecule has 1 amide bonds. The van der Waals surface area contributed by atoms with Gasteiger partial charge in [0.1, 0.15) is 5.82 Å². The number of aryl methyl sites for hydroxylation is 1. The average Bonchev–Trinajstić information content (AvgIpc) is 2.99. The standard InChI is InChI=1S/C21H21ClFN3O/c1-2-24-13-4-7-19-16(10-13)17-11-14(5-8-20(17)26-19)25-21(27)15-6-3-12(23)9-18(15)22/h3,5-6,8-9,11,13,24,26H,2,4,7,10H2,1H3,(H,25,27). The summed E-state index contributed by atoms with van der Waals surface area (Å²) in [6, 6.07) is 10.1. The summed E-state index contributed by atoms with van der Waals surface area (Å²) in [5.41, 5.74) is 4.62. The second-order valence-electron chi connectivity index (χ2n) is 6.92. The Morgan fingerprint density at radius 2 is 2.15 bits per heavy atom. The van der Waals surface area contributed by atoms with E-state index < -0.39 is 5.82 Å². The van der Waals surface area contributed by atoms with Gasteiger partial charge in [-0.1, -0.05) is 18.5 Å². The van der Waals surface area contributed by atoms with Gasteiger partial charge in [-0.05, 0) is 67.8 Å². The molecular weight excluding hydrogens is 365 g/mol. The van der Waals surface area contributed by atoms with Gasteiger partial charge in [-0.2, -0.15) is 0 Å². The number of carbonyl (C=O) groups excluding carboxylic acids is 1. The molecule has 1 aliphatic rings. The van der Waals surface area contributed by atoms with Crippen molar-refractivity contribution in [1.29, 1.82) is 0 Å². The molecule has 4 rings (SSSR count). The molecule has 1 unspecified atom stereocenters. The van der Waals surface area contributed by atoms with Crippen molar-refractivity contribution in [3.63, 3.8) is 0 Å². The first-order chi connectivity index (χ1) is 13.0. The van der Waals surface area contributed by atoms with Gasteiger partial charge in [0.2, 0.25) is 0 Å². The first kappa shape index (κ1) is 18.0. The van der Waals surface area contributed by atoms with Crippen LogP contribution in [0.3, 0.4) is 0 Å². The summed E-state index contributed by atoms with van der Waals surface area (Å²) in [7, 11) is 0. The number of halogens is 2. The van der Waals surface area contributed by atoms with Crippen LogP contribution in [-0.4, -0.2) is 23.5 Å². The first-order valence-corrected chi connectivity index (χ1v) is 9.56. The van der Waals surface area contributed by atoms with Gasteiger partial charge in [-0.25, -0.2) is 4.39 Å². The molecule has 0 bridgehead atoms. The average molecular weight is 386 g/mol. The lowest BCUT2D eigenvalue weighted by Crippen LogP contribution is -2.34. The fourth-order valence-electron chi connectivity index (χ4n) is 3.83. The van der Waals surface area contributed by atoms with Gasteiger partial charge in [-0.15, -0.1) is 0 Å². The molecule has 1 heterocycles.